The molecule has 0 spiro atoms. The second-order valence-electron chi connectivity index (χ2n) is 8.77. The smallest absolute Gasteiger partial charge is 0.105 e. The van der Waals surface area contributed by atoms with Gasteiger partial charge >= 0.3 is 0 Å². The predicted molar refractivity (Wildman–Crippen MR) is 95.9 cm³/mol. The van der Waals surface area contributed by atoms with Gasteiger partial charge in [0.15, 0.2) is 0 Å². The fraction of sp³-hybridized carbons (Fsp3) is 0.947. The third kappa shape index (κ3) is 3.67. The van der Waals surface area contributed by atoms with Gasteiger partial charge in [0.05, 0.1) is 5.54 Å². The summed E-state index contributed by atoms with van der Waals surface area (Å²) in [7, 11) is 0. The van der Waals surface area contributed by atoms with E-state index in [4.69, 9.17) is 5.10 Å². The molecular formula is C19H37N3. The van der Waals surface area contributed by atoms with Crippen molar-refractivity contribution in [1.82, 2.24) is 10.3 Å². The van der Waals surface area contributed by atoms with E-state index in [1.807, 2.05) is 0 Å². The summed E-state index contributed by atoms with van der Waals surface area (Å²) in [4.78, 5) is 0. The standard InChI is InChI=1S/C19H37N3/c1-8-20-18-16(13(2)3)17(21-22(18)19(5,6)7)15-11-9-14(4)10-12-15/h13-16,18,20H,8-12H2,1-7H3. The van der Waals surface area contributed by atoms with Crippen molar-refractivity contribution < 1.29 is 0 Å². The number of rotatable bonds is 4. The largest absolute Gasteiger partial charge is 0.296 e. The Balaban J connectivity index is 2.28. The Bertz CT molecular complexity index is 386. The molecule has 0 amide bonds. The van der Waals surface area contributed by atoms with Crippen molar-refractivity contribution in [2.45, 2.75) is 85.9 Å². The molecule has 1 saturated carbocycles. The summed E-state index contributed by atoms with van der Waals surface area (Å²) in [5, 5.41) is 11.3. The Hall–Kier alpha value is -0.570. The summed E-state index contributed by atoms with van der Waals surface area (Å²) in [6.45, 7) is 17.2. The van der Waals surface area contributed by atoms with Crippen molar-refractivity contribution in [3.8, 4) is 0 Å². The lowest BCUT2D eigenvalue weighted by Crippen LogP contribution is -2.53. The highest BCUT2D eigenvalue weighted by atomic mass is 15.6. The molecule has 0 radical (unpaired) electrons. The SMILES string of the molecule is CCNC1C(C(C)C)C(C2CCC(C)CC2)=NN1C(C)(C)C. The topological polar surface area (TPSA) is 27.6 Å². The van der Waals surface area contributed by atoms with Crippen LogP contribution in [0.25, 0.3) is 0 Å². The van der Waals surface area contributed by atoms with Gasteiger partial charge in [0.1, 0.15) is 6.17 Å². The molecule has 3 nitrogen and oxygen atoms in total. The highest BCUT2D eigenvalue weighted by molar-refractivity contribution is 5.91. The Morgan fingerprint density at radius 1 is 1.18 bits per heavy atom. The van der Waals surface area contributed by atoms with Gasteiger partial charge in [0, 0.05) is 11.6 Å². The van der Waals surface area contributed by atoms with E-state index in [1.165, 1.54) is 31.4 Å². The van der Waals surface area contributed by atoms with Crippen LogP contribution in [0.15, 0.2) is 5.10 Å². The van der Waals surface area contributed by atoms with Crippen LogP contribution in [0.3, 0.4) is 0 Å². The first-order valence-electron chi connectivity index (χ1n) is 9.36. The van der Waals surface area contributed by atoms with Crippen LogP contribution >= 0.6 is 0 Å². The van der Waals surface area contributed by atoms with Gasteiger partial charge in [-0.1, -0.05) is 40.5 Å². The highest BCUT2D eigenvalue weighted by Crippen LogP contribution is 2.39. The van der Waals surface area contributed by atoms with E-state index in [2.05, 4.69) is 58.8 Å². The number of nitrogens with zero attached hydrogens (tertiary/aromatic N) is 2. The fourth-order valence-corrected chi connectivity index (χ4v) is 4.17. The lowest BCUT2D eigenvalue weighted by atomic mass is 9.74. The van der Waals surface area contributed by atoms with Crippen molar-refractivity contribution in [2.75, 3.05) is 6.54 Å². The molecule has 1 N–H and O–H groups in total. The maximum atomic E-state index is 5.20. The van der Waals surface area contributed by atoms with Crippen LogP contribution in [-0.4, -0.2) is 29.0 Å². The quantitative estimate of drug-likeness (QED) is 0.828. The summed E-state index contributed by atoms with van der Waals surface area (Å²) in [5.41, 5.74) is 1.56. The molecule has 0 aromatic carbocycles. The van der Waals surface area contributed by atoms with E-state index in [9.17, 15) is 0 Å². The maximum Gasteiger partial charge on any atom is 0.105 e. The average Bonchev–Trinajstić information content (AvgIpc) is 2.79. The molecule has 1 fully saturated rings. The highest BCUT2D eigenvalue weighted by Gasteiger charge is 2.45. The van der Waals surface area contributed by atoms with E-state index in [0.717, 1.165) is 12.5 Å². The Morgan fingerprint density at radius 2 is 1.77 bits per heavy atom. The lowest BCUT2D eigenvalue weighted by molar-refractivity contribution is 0.0588. The third-order valence-electron chi connectivity index (χ3n) is 5.42. The molecule has 2 atom stereocenters. The van der Waals surface area contributed by atoms with Gasteiger partial charge in [0.2, 0.25) is 0 Å². The van der Waals surface area contributed by atoms with E-state index in [1.54, 1.807) is 0 Å². The predicted octanol–water partition coefficient (Wildman–Crippen LogP) is 4.49. The van der Waals surface area contributed by atoms with Crippen LogP contribution in [-0.2, 0) is 0 Å². The zero-order chi connectivity index (χ0) is 16.5. The first-order chi connectivity index (χ1) is 10.3. The van der Waals surface area contributed by atoms with Gasteiger partial charge in [0.25, 0.3) is 0 Å². The fourth-order valence-electron chi connectivity index (χ4n) is 4.17. The zero-order valence-corrected chi connectivity index (χ0v) is 15.8. The molecule has 0 bridgehead atoms. The van der Waals surface area contributed by atoms with Gasteiger partial charge in [-0.3, -0.25) is 10.3 Å². The monoisotopic (exact) mass is 307 g/mol. The molecule has 0 saturated heterocycles. The van der Waals surface area contributed by atoms with Crippen molar-refractivity contribution in [2.24, 2.45) is 28.8 Å². The molecule has 1 heterocycles. The first-order valence-corrected chi connectivity index (χ1v) is 9.36. The zero-order valence-electron chi connectivity index (χ0n) is 15.8. The molecule has 128 valence electrons. The van der Waals surface area contributed by atoms with E-state index in [-0.39, 0.29) is 5.54 Å². The van der Waals surface area contributed by atoms with Crippen LogP contribution in [0.1, 0.15) is 74.1 Å². The van der Waals surface area contributed by atoms with Crippen molar-refractivity contribution in [3.63, 3.8) is 0 Å². The van der Waals surface area contributed by atoms with Crippen LogP contribution < -0.4 is 5.32 Å². The van der Waals surface area contributed by atoms with Crippen molar-refractivity contribution in [1.29, 1.82) is 0 Å². The Kier molecular flexibility index (Phi) is 5.58. The molecular weight excluding hydrogens is 270 g/mol. The van der Waals surface area contributed by atoms with E-state index < -0.39 is 0 Å². The third-order valence-corrected chi connectivity index (χ3v) is 5.42. The number of hydrogen-bond donors (Lipinski definition) is 1. The van der Waals surface area contributed by atoms with Gasteiger partial charge < -0.3 is 0 Å². The summed E-state index contributed by atoms with van der Waals surface area (Å²) in [6, 6.07) is 0. The molecule has 2 rings (SSSR count). The number of nitrogens with one attached hydrogen (secondary N) is 1. The lowest BCUT2D eigenvalue weighted by Gasteiger charge is -2.39. The van der Waals surface area contributed by atoms with E-state index in [0.29, 0.717) is 23.9 Å². The van der Waals surface area contributed by atoms with E-state index >= 15 is 0 Å². The van der Waals surface area contributed by atoms with Gasteiger partial charge in [-0.25, -0.2) is 0 Å². The van der Waals surface area contributed by atoms with Crippen LogP contribution in [0.5, 0.6) is 0 Å². The number of hydrazone groups is 1. The normalized spacial score (nSPS) is 33.5. The van der Waals surface area contributed by atoms with Crippen LogP contribution in [0.4, 0.5) is 0 Å². The van der Waals surface area contributed by atoms with Crippen LogP contribution in [0.2, 0.25) is 0 Å². The molecule has 1 aliphatic carbocycles. The Morgan fingerprint density at radius 3 is 2.23 bits per heavy atom. The molecule has 22 heavy (non-hydrogen) atoms. The minimum absolute atomic E-state index is 0.0731. The first kappa shape index (κ1) is 17.8. The van der Waals surface area contributed by atoms with Gasteiger partial charge in [-0.15, -0.1) is 0 Å². The second-order valence-corrected chi connectivity index (χ2v) is 8.77. The molecule has 0 aromatic rings. The molecule has 2 aliphatic rings. The van der Waals surface area contributed by atoms with Crippen molar-refractivity contribution in [3.05, 3.63) is 0 Å². The summed E-state index contributed by atoms with van der Waals surface area (Å²) in [5.74, 6) is 2.79. The summed E-state index contributed by atoms with van der Waals surface area (Å²) < 4.78 is 0. The summed E-state index contributed by atoms with van der Waals surface area (Å²) in [6.07, 6.45) is 5.77. The van der Waals surface area contributed by atoms with Crippen LogP contribution in [0, 0.1) is 23.7 Å². The number of hydrogen-bond acceptors (Lipinski definition) is 3. The minimum Gasteiger partial charge on any atom is -0.296 e. The average molecular weight is 308 g/mol. The minimum atomic E-state index is 0.0731. The van der Waals surface area contributed by atoms with Crippen molar-refractivity contribution >= 4 is 5.71 Å². The second kappa shape index (κ2) is 6.90. The molecule has 2 unspecified atom stereocenters. The Labute approximate surface area is 137 Å². The van der Waals surface area contributed by atoms with Gasteiger partial charge in [-0.05, 0) is 57.9 Å². The molecule has 3 heteroatoms. The maximum absolute atomic E-state index is 5.20. The molecule has 1 aliphatic heterocycles. The van der Waals surface area contributed by atoms with Gasteiger partial charge in [-0.2, -0.15) is 5.10 Å². The molecule has 0 aromatic heterocycles. The summed E-state index contributed by atoms with van der Waals surface area (Å²) >= 11 is 0.